The van der Waals surface area contributed by atoms with Gasteiger partial charge in [-0.25, -0.2) is 0 Å². The molecule has 3 rings (SSSR count). The molecule has 0 spiro atoms. The van der Waals surface area contributed by atoms with E-state index < -0.39 is 0 Å². The number of H-pyrrole nitrogens is 1. The number of rotatable bonds is 2. The number of halogens is 2. The van der Waals surface area contributed by atoms with Crippen molar-refractivity contribution >= 4 is 45.7 Å². The third-order valence-electron chi connectivity index (χ3n) is 2.45. The fourth-order valence-electron chi connectivity index (χ4n) is 1.70. The van der Waals surface area contributed by atoms with Crippen molar-refractivity contribution < 1.29 is 0 Å². The fourth-order valence-corrected chi connectivity index (χ4v) is 2.23. The lowest BCUT2D eigenvalue weighted by Gasteiger charge is -2.04. The number of benzene rings is 1. The first-order chi connectivity index (χ1) is 8.72. The monoisotopic (exact) mass is 278 g/mol. The first kappa shape index (κ1) is 11.3. The lowest BCUT2D eigenvalue weighted by Crippen LogP contribution is -1.91. The van der Waals surface area contributed by atoms with Crippen LogP contribution >= 0.6 is 23.2 Å². The summed E-state index contributed by atoms with van der Waals surface area (Å²) in [6, 6.07) is 8.98. The van der Waals surface area contributed by atoms with Crippen LogP contribution in [0.25, 0.3) is 11.0 Å². The van der Waals surface area contributed by atoms with E-state index in [1.54, 1.807) is 24.4 Å². The van der Waals surface area contributed by atoms with Gasteiger partial charge in [0.2, 0.25) is 0 Å². The van der Waals surface area contributed by atoms with Crippen LogP contribution in [0.15, 0.2) is 36.5 Å². The van der Waals surface area contributed by atoms with E-state index >= 15 is 0 Å². The highest BCUT2D eigenvalue weighted by molar-refractivity contribution is 6.35. The fraction of sp³-hybridized carbons (Fsp3) is 0. The standard InChI is InChI=1S/C12H8Cl2N4/c13-7-4-8(14)6-9(5-7)16-12-11-10(17-18-12)2-1-3-15-11/h1-6H,(H2,16,17,18). The molecule has 0 amide bonds. The van der Waals surface area contributed by atoms with Gasteiger partial charge in [-0.15, -0.1) is 0 Å². The molecular weight excluding hydrogens is 271 g/mol. The van der Waals surface area contributed by atoms with E-state index in [1.165, 1.54) is 0 Å². The van der Waals surface area contributed by atoms with Gasteiger partial charge < -0.3 is 5.32 Å². The van der Waals surface area contributed by atoms with Gasteiger partial charge >= 0.3 is 0 Å². The summed E-state index contributed by atoms with van der Waals surface area (Å²) >= 11 is 11.9. The quantitative estimate of drug-likeness (QED) is 0.745. The van der Waals surface area contributed by atoms with Gasteiger partial charge in [0.05, 0.1) is 5.52 Å². The van der Waals surface area contributed by atoms with Crippen molar-refractivity contribution in [2.45, 2.75) is 0 Å². The van der Waals surface area contributed by atoms with E-state index in [0.29, 0.717) is 15.9 Å². The molecular formula is C12H8Cl2N4. The second kappa shape index (κ2) is 4.48. The largest absolute Gasteiger partial charge is 0.337 e. The van der Waals surface area contributed by atoms with Crippen molar-refractivity contribution in [3.8, 4) is 0 Å². The van der Waals surface area contributed by atoms with Crippen LogP contribution in [-0.4, -0.2) is 15.2 Å². The Labute approximate surface area is 113 Å². The molecule has 0 fully saturated rings. The molecule has 0 aliphatic rings. The molecule has 3 aromatic rings. The number of nitrogens with one attached hydrogen (secondary N) is 2. The molecule has 90 valence electrons. The summed E-state index contributed by atoms with van der Waals surface area (Å²) < 4.78 is 0. The van der Waals surface area contributed by atoms with Crippen molar-refractivity contribution in [3.05, 3.63) is 46.6 Å². The molecule has 0 radical (unpaired) electrons. The van der Waals surface area contributed by atoms with Gasteiger partial charge in [-0.2, -0.15) is 5.10 Å². The predicted molar refractivity (Wildman–Crippen MR) is 73.6 cm³/mol. The van der Waals surface area contributed by atoms with Crippen molar-refractivity contribution in [2.75, 3.05) is 5.32 Å². The van der Waals surface area contributed by atoms with Crippen LogP contribution in [0.5, 0.6) is 0 Å². The Morgan fingerprint density at radius 2 is 1.89 bits per heavy atom. The SMILES string of the molecule is Clc1cc(Cl)cc(Nc2n[nH]c3cccnc23)c1. The molecule has 0 unspecified atom stereocenters. The van der Waals surface area contributed by atoms with E-state index in [-0.39, 0.29) is 0 Å². The summed E-state index contributed by atoms with van der Waals surface area (Å²) in [4.78, 5) is 4.26. The van der Waals surface area contributed by atoms with Crippen LogP contribution in [0, 0.1) is 0 Å². The van der Waals surface area contributed by atoms with Crippen molar-refractivity contribution in [2.24, 2.45) is 0 Å². The Morgan fingerprint density at radius 1 is 1.11 bits per heavy atom. The van der Waals surface area contributed by atoms with Gasteiger partial charge in [-0.1, -0.05) is 23.2 Å². The summed E-state index contributed by atoms with van der Waals surface area (Å²) in [5.41, 5.74) is 2.41. The van der Waals surface area contributed by atoms with Crippen LogP contribution in [0.4, 0.5) is 11.5 Å². The molecule has 0 saturated carbocycles. The summed E-state index contributed by atoms with van der Waals surface area (Å²) in [5.74, 6) is 0.643. The number of fused-ring (bicyclic) bond motifs is 1. The molecule has 2 N–H and O–H groups in total. The molecule has 18 heavy (non-hydrogen) atoms. The van der Waals surface area contributed by atoms with E-state index in [0.717, 1.165) is 16.7 Å². The zero-order chi connectivity index (χ0) is 12.5. The van der Waals surface area contributed by atoms with Crippen LogP contribution in [0.3, 0.4) is 0 Å². The van der Waals surface area contributed by atoms with Crippen molar-refractivity contribution in [1.82, 2.24) is 15.2 Å². The van der Waals surface area contributed by atoms with Crippen LogP contribution in [-0.2, 0) is 0 Å². The number of hydrogen-bond donors (Lipinski definition) is 2. The maximum absolute atomic E-state index is 5.94. The van der Waals surface area contributed by atoms with Gasteiger partial charge in [0, 0.05) is 21.9 Å². The molecule has 4 nitrogen and oxygen atoms in total. The minimum absolute atomic E-state index is 0.567. The van der Waals surface area contributed by atoms with Crippen molar-refractivity contribution in [1.29, 1.82) is 0 Å². The molecule has 0 bridgehead atoms. The first-order valence-electron chi connectivity index (χ1n) is 5.24. The van der Waals surface area contributed by atoms with Crippen LogP contribution in [0.2, 0.25) is 10.0 Å². The minimum Gasteiger partial charge on any atom is -0.337 e. The van der Waals surface area contributed by atoms with E-state index in [1.807, 2.05) is 12.1 Å². The summed E-state index contributed by atoms with van der Waals surface area (Å²) in [7, 11) is 0. The number of aromatic amines is 1. The normalized spacial score (nSPS) is 10.8. The van der Waals surface area contributed by atoms with Crippen LogP contribution < -0.4 is 5.32 Å². The third kappa shape index (κ3) is 2.12. The lowest BCUT2D eigenvalue weighted by atomic mass is 10.3. The Morgan fingerprint density at radius 3 is 2.67 bits per heavy atom. The Hall–Kier alpha value is -1.78. The zero-order valence-corrected chi connectivity index (χ0v) is 10.6. The van der Waals surface area contributed by atoms with Gasteiger partial charge in [-0.05, 0) is 30.3 Å². The van der Waals surface area contributed by atoms with Crippen molar-refractivity contribution in [3.63, 3.8) is 0 Å². The second-order valence-electron chi connectivity index (χ2n) is 3.75. The Bertz CT molecular complexity index is 688. The van der Waals surface area contributed by atoms with Gasteiger partial charge in [-0.3, -0.25) is 10.1 Å². The highest BCUT2D eigenvalue weighted by Crippen LogP contribution is 2.26. The Balaban J connectivity index is 2.01. The average molecular weight is 279 g/mol. The minimum atomic E-state index is 0.567. The summed E-state index contributed by atoms with van der Waals surface area (Å²) in [6.45, 7) is 0. The summed E-state index contributed by atoms with van der Waals surface area (Å²) in [6.07, 6.45) is 1.72. The molecule has 2 heterocycles. The number of anilines is 2. The molecule has 6 heteroatoms. The topological polar surface area (TPSA) is 53.6 Å². The van der Waals surface area contributed by atoms with E-state index in [4.69, 9.17) is 23.2 Å². The van der Waals surface area contributed by atoms with Gasteiger partial charge in [0.15, 0.2) is 5.82 Å². The van der Waals surface area contributed by atoms with Crippen LogP contribution in [0.1, 0.15) is 0 Å². The predicted octanol–water partition coefficient (Wildman–Crippen LogP) is 4.01. The maximum atomic E-state index is 5.94. The smallest absolute Gasteiger partial charge is 0.178 e. The highest BCUT2D eigenvalue weighted by Gasteiger charge is 2.07. The second-order valence-corrected chi connectivity index (χ2v) is 4.63. The molecule has 1 aromatic carbocycles. The molecule has 0 atom stereocenters. The number of aromatic nitrogens is 3. The Kier molecular flexibility index (Phi) is 2.81. The average Bonchev–Trinajstić information content (AvgIpc) is 2.72. The van der Waals surface area contributed by atoms with Gasteiger partial charge in [0.25, 0.3) is 0 Å². The number of nitrogens with zero attached hydrogens (tertiary/aromatic N) is 2. The molecule has 0 aliphatic heterocycles. The molecule has 0 aliphatic carbocycles. The molecule has 2 aromatic heterocycles. The number of hydrogen-bond acceptors (Lipinski definition) is 3. The van der Waals surface area contributed by atoms with E-state index in [2.05, 4.69) is 20.5 Å². The molecule has 0 saturated heterocycles. The van der Waals surface area contributed by atoms with E-state index in [9.17, 15) is 0 Å². The zero-order valence-electron chi connectivity index (χ0n) is 9.11. The summed E-state index contributed by atoms with van der Waals surface area (Å²) in [5, 5.41) is 11.3. The van der Waals surface area contributed by atoms with Gasteiger partial charge in [0.1, 0.15) is 5.52 Å². The number of pyridine rings is 1. The lowest BCUT2D eigenvalue weighted by molar-refractivity contribution is 1.12. The maximum Gasteiger partial charge on any atom is 0.178 e. The highest BCUT2D eigenvalue weighted by atomic mass is 35.5. The first-order valence-corrected chi connectivity index (χ1v) is 6.00. The third-order valence-corrected chi connectivity index (χ3v) is 2.88.